The lowest BCUT2D eigenvalue weighted by Crippen LogP contribution is -2.00. The maximum absolute atomic E-state index is 10.9. The monoisotopic (exact) mass is 264 g/mol. The highest BCUT2D eigenvalue weighted by atomic mass is 32.2. The first-order valence-corrected chi connectivity index (χ1v) is 6.27. The highest BCUT2D eigenvalue weighted by Gasteiger charge is 2.16. The van der Waals surface area contributed by atoms with Crippen LogP contribution in [0, 0.1) is 10.1 Å². The van der Waals surface area contributed by atoms with Crippen LogP contribution in [0.5, 0.6) is 0 Å². The van der Waals surface area contributed by atoms with Gasteiger partial charge in [0.15, 0.2) is 5.16 Å². The molecule has 0 spiro atoms. The Morgan fingerprint density at radius 2 is 2.39 bits per heavy atom. The first kappa shape index (κ1) is 12.4. The molecule has 1 aromatic heterocycles. The molecule has 0 bridgehead atoms. The molecule has 18 heavy (non-hydrogen) atoms. The topological polar surface area (TPSA) is 83.8 Å². The molecule has 1 aromatic carbocycles. The van der Waals surface area contributed by atoms with Gasteiger partial charge in [-0.25, -0.2) is 4.98 Å². The number of nitrogens with zero attached hydrogens (tertiary/aromatic N) is 2. The van der Waals surface area contributed by atoms with E-state index in [-0.39, 0.29) is 10.6 Å². The number of para-hydroxylation sites is 1. The predicted octanol–water partition coefficient (Wildman–Crippen LogP) is 2.65. The highest BCUT2D eigenvalue weighted by molar-refractivity contribution is 7.98. The number of benzene rings is 1. The molecule has 2 rings (SSSR count). The van der Waals surface area contributed by atoms with Crippen LogP contribution in [0.25, 0.3) is 0 Å². The van der Waals surface area contributed by atoms with Crippen molar-refractivity contribution in [2.45, 2.75) is 10.9 Å². The van der Waals surface area contributed by atoms with Gasteiger partial charge < -0.3 is 10.3 Å². The standard InChI is InChI=1S/C11H12N4O2S/c1-12-10-8(3-2-4-9(10)15(16)17)7-18-11-13-5-6-14-11/h2-6,12H,7H2,1H3,(H,13,14). The quantitative estimate of drug-likeness (QED) is 0.492. The maximum atomic E-state index is 10.9. The molecule has 0 saturated heterocycles. The third-order valence-electron chi connectivity index (χ3n) is 2.41. The van der Waals surface area contributed by atoms with Crippen molar-refractivity contribution in [1.82, 2.24) is 9.97 Å². The summed E-state index contributed by atoms with van der Waals surface area (Å²) in [6.45, 7) is 0. The highest BCUT2D eigenvalue weighted by Crippen LogP contribution is 2.31. The van der Waals surface area contributed by atoms with Gasteiger partial charge in [0.2, 0.25) is 0 Å². The van der Waals surface area contributed by atoms with Crippen molar-refractivity contribution in [2.75, 3.05) is 12.4 Å². The summed E-state index contributed by atoms with van der Waals surface area (Å²) in [7, 11) is 1.68. The Bertz CT molecular complexity index is 542. The lowest BCUT2D eigenvalue weighted by Gasteiger charge is -2.08. The molecular formula is C11H12N4O2S. The van der Waals surface area contributed by atoms with E-state index in [1.165, 1.54) is 17.8 Å². The lowest BCUT2D eigenvalue weighted by molar-refractivity contribution is -0.384. The second kappa shape index (κ2) is 5.54. The van der Waals surface area contributed by atoms with Crippen LogP contribution < -0.4 is 5.32 Å². The molecule has 6 nitrogen and oxygen atoms in total. The zero-order valence-corrected chi connectivity index (χ0v) is 10.5. The van der Waals surface area contributed by atoms with E-state index in [0.29, 0.717) is 11.4 Å². The molecule has 0 amide bonds. The summed E-state index contributed by atoms with van der Waals surface area (Å²) in [6.07, 6.45) is 3.42. The van der Waals surface area contributed by atoms with Crippen molar-refractivity contribution in [3.8, 4) is 0 Å². The van der Waals surface area contributed by atoms with Crippen LogP contribution in [0.1, 0.15) is 5.56 Å². The van der Waals surface area contributed by atoms with Gasteiger partial charge in [-0.15, -0.1) is 0 Å². The molecular weight excluding hydrogens is 252 g/mol. The van der Waals surface area contributed by atoms with E-state index >= 15 is 0 Å². The number of aromatic nitrogens is 2. The van der Waals surface area contributed by atoms with Gasteiger partial charge in [-0.1, -0.05) is 23.9 Å². The van der Waals surface area contributed by atoms with Gasteiger partial charge in [0.1, 0.15) is 5.69 Å². The first-order chi connectivity index (χ1) is 8.72. The summed E-state index contributed by atoms with van der Waals surface area (Å²) >= 11 is 1.50. The molecule has 0 aliphatic heterocycles. The molecule has 0 saturated carbocycles. The van der Waals surface area contributed by atoms with E-state index in [9.17, 15) is 10.1 Å². The van der Waals surface area contributed by atoms with Gasteiger partial charge in [0.25, 0.3) is 5.69 Å². The fourth-order valence-corrected chi connectivity index (χ4v) is 2.44. The Balaban J connectivity index is 2.22. The number of hydrogen-bond donors (Lipinski definition) is 2. The molecule has 1 heterocycles. The summed E-state index contributed by atoms with van der Waals surface area (Å²) in [4.78, 5) is 17.6. The van der Waals surface area contributed by atoms with Crippen molar-refractivity contribution in [3.05, 3.63) is 46.3 Å². The molecule has 94 valence electrons. The fourth-order valence-electron chi connectivity index (χ4n) is 1.62. The third kappa shape index (κ3) is 2.62. The first-order valence-electron chi connectivity index (χ1n) is 5.28. The van der Waals surface area contributed by atoms with Gasteiger partial charge in [-0.3, -0.25) is 10.1 Å². The SMILES string of the molecule is CNc1c(CSc2ncc[nH]2)cccc1[N+](=O)[O-]. The van der Waals surface area contributed by atoms with E-state index in [0.717, 1.165) is 10.7 Å². The normalized spacial score (nSPS) is 10.3. The van der Waals surface area contributed by atoms with Gasteiger partial charge >= 0.3 is 0 Å². The zero-order valence-electron chi connectivity index (χ0n) is 9.71. The average molecular weight is 264 g/mol. The Morgan fingerprint density at radius 3 is 3.00 bits per heavy atom. The number of nitrogens with one attached hydrogen (secondary N) is 2. The molecule has 0 unspecified atom stereocenters. The molecule has 7 heteroatoms. The number of imidazole rings is 1. The minimum Gasteiger partial charge on any atom is -0.382 e. The Morgan fingerprint density at radius 1 is 1.56 bits per heavy atom. The number of thioether (sulfide) groups is 1. The van der Waals surface area contributed by atoms with E-state index in [1.807, 2.05) is 6.07 Å². The number of H-pyrrole nitrogens is 1. The summed E-state index contributed by atoms with van der Waals surface area (Å²) in [5, 5.41) is 14.6. The molecule has 2 aromatic rings. The van der Waals surface area contributed by atoms with Crippen LogP contribution in [0.2, 0.25) is 0 Å². The second-order valence-electron chi connectivity index (χ2n) is 3.50. The number of nitro groups is 1. The van der Waals surface area contributed by atoms with Crippen molar-refractivity contribution < 1.29 is 4.92 Å². The van der Waals surface area contributed by atoms with Gasteiger partial charge in [-0.05, 0) is 5.56 Å². The van der Waals surface area contributed by atoms with Crippen molar-refractivity contribution in [2.24, 2.45) is 0 Å². The summed E-state index contributed by atoms with van der Waals surface area (Å²) in [5.41, 5.74) is 1.53. The Kier molecular flexibility index (Phi) is 3.83. The zero-order chi connectivity index (χ0) is 13.0. The van der Waals surface area contributed by atoms with Crippen molar-refractivity contribution >= 4 is 23.1 Å². The van der Waals surface area contributed by atoms with Gasteiger partial charge in [0, 0.05) is 31.3 Å². The summed E-state index contributed by atoms with van der Waals surface area (Å²) < 4.78 is 0. The van der Waals surface area contributed by atoms with Crippen LogP contribution >= 0.6 is 11.8 Å². The van der Waals surface area contributed by atoms with Crippen LogP contribution in [-0.2, 0) is 5.75 Å². The molecule has 0 radical (unpaired) electrons. The van der Waals surface area contributed by atoms with E-state index in [2.05, 4.69) is 15.3 Å². The van der Waals surface area contributed by atoms with Crippen LogP contribution in [0.3, 0.4) is 0 Å². The summed E-state index contributed by atoms with van der Waals surface area (Å²) in [5.74, 6) is 0.616. The number of anilines is 1. The van der Waals surface area contributed by atoms with Crippen molar-refractivity contribution in [1.29, 1.82) is 0 Å². The second-order valence-corrected chi connectivity index (χ2v) is 4.47. The third-order valence-corrected chi connectivity index (χ3v) is 3.37. The Labute approximate surface area is 108 Å². The van der Waals surface area contributed by atoms with Gasteiger partial charge in [-0.2, -0.15) is 0 Å². The summed E-state index contributed by atoms with van der Waals surface area (Å²) in [6, 6.07) is 5.05. The smallest absolute Gasteiger partial charge is 0.292 e. The van der Waals surface area contributed by atoms with Gasteiger partial charge in [0.05, 0.1) is 4.92 Å². The largest absolute Gasteiger partial charge is 0.382 e. The number of hydrogen-bond acceptors (Lipinski definition) is 5. The fraction of sp³-hybridized carbons (Fsp3) is 0.182. The maximum Gasteiger partial charge on any atom is 0.292 e. The number of nitro benzene ring substituents is 1. The Hall–Kier alpha value is -2.02. The van der Waals surface area contributed by atoms with Crippen LogP contribution in [-0.4, -0.2) is 21.9 Å². The van der Waals surface area contributed by atoms with E-state index in [1.54, 1.807) is 25.5 Å². The van der Waals surface area contributed by atoms with E-state index < -0.39 is 0 Å². The minimum atomic E-state index is -0.382. The predicted molar refractivity (Wildman–Crippen MR) is 70.8 cm³/mol. The van der Waals surface area contributed by atoms with Crippen molar-refractivity contribution in [3.63, 3.8) is 0 Å². The molecule has 2 N–H and O–H groups in total. The van der Waals surface area contributed by atoms with E-state index in [4.69, 9.17) is 0 Å². The number of rotatable bonds is 5. The van der Waals surface area contributed by atoms with Crippen LogP contribution in [0.15, 0.2) is 35.7 Å². The molecule has 0 aliphatic rings. The molecule has 0 aliphatic carbocycles. The minimum absolute atomic E-state index is 0.0926. The molecule has 0 atom stereocenters. The number of aromatic amines is 1. The van der Waals surface area contributed by atoms with Crippen LogP contribution in [0.4, 0.5) is 11.4 Å². The average Bonchev–Trinajstić information content (AvgIpc) is 2.88. The molecule has 0 fully saturated rings. The lowest BCUT2D eigenvalue weighted by atomic mass is 10.1.